The van der Waals surface area contributed by atoms with Gasteiger partial charge in [-0.3, -0.25) is 9.78 Å². The molecule has 2 heterocycles. The monoisotopic (exact) mass is 300 g/mol. The molecule has 0 saturated heterocycles. The summed E-state index contributed by atoms with van der Waals surface area (Å²) in [5, 5.41) is 11.6. The molecule has 2 aromatic heterocycles. The lowest BCUT2D eigenvalue weighted by Gasteiger charge is -2.05. The fraction of sp³-hybridized carbons (Fsp3) is 0.250. The number of nitrogens with one attached hydrogen (secondary N) is 1. The van der Waals surface area contributed by atoms with Gasteiger partial charge in [0.25, 0.3) is 5.91 Å². The number of aromatic nitrogens is 1. The first-order valence-electron chi connectivity index (χ1n) is 6.54. The average Bonchev–Trinajstić information content (AvgIpc) is 2.83. The van der Waals surface area contributed by atoms with Gasteiger partial charge in [0.05, 0.1) is 16.4 Å². The van der Waals surface area contributed by atoms with Gasteiger partial charge in [-0.05, 0) is 37.1 Å². The normalized spacial score (nSPS) is 9.86. The smallest absolute Gasteiger partial charge is 0.265 e. The molecule has 0 fully saturated rings. The van der Waals surface area contributed by atoms with Crippen molar-refractivity contribution in [3.05, 3.63) is 45.4 Å². The molecule has 0 saturated carbocycles. The van der Waals surface area contributed by atoms with Crippen LogP contribution in [0, 0.1) is 25.7 Å². The van der Waals surface area contributed by atoms with Gasteiger partial charge < -0.3 is 10.4 Å². The molecule has 0 radical (unpaired) electrons. The zero-order valence-electron chi connectivity index (χ0n) is 11.9. The minimum Gasteiger partial charge on any atom is -0.395 e. The number of anilines is 1. The van der Waals surface area contributed by atoms with E-state index in [0.717, 1.165) is 21.7 Å². The molecule has 1 amide bonds. The van der Waals surface area contributed by atoms with E-state index in [4.69, 9.17) is 5.11 Å². The molecule has 4 nitrogen and oxygen atoms in total. The Morgan fingerprint density at radius 1 is 1.43 bits per heavy atom. The SMILES string of the molecule is Cc1cnccc1NC(=O)c1cc(C)c(C#CCCO)s1. The van der Waals surface area contributed by atoms with Crippen molar-refractivity contribution in [2.75, 3.05) is 11.9 Å². The van der Waals surface area contributed by atoms with Gasteiger partial charge in [0.15, 0.2) is 0 Å². The highest BCUT2D eigenvalue weighted by molar-refractivity contribution is 7.14. The fourth-order valence-electron chi connectivity index (χ4n) is 1.71. The molecule has 2 rings (SSSR count). The highest BCUT2D eigenvalue weighted by atomic mass is 32.1. The molecule has 0 atom stereocenters. The van der Waals surface area contributed by atoms with Crippen LogP contribution in [0.5, 0.6) is 0 Å². The summed E-state index contributed by atoms with van der Waals surface area (Å²) in [6.07, 6.45) is 3.80. The van der Waals surface area contributed by atoms with Crippen LogP contribution in [0.3, 0.4) is 0 Å². The number of amides is 1. The molecule has 5 heteroatoms. The molecule has 2 aromatic rings. The van der Waals surface area contributed by atoms with E-state index in [9.17, 15) is 4.79 Å². The number of pyridine rings is 1. The molecule has 2 N–H and O–H groups in total. The number of thiophene rings is 1. The Hall–Kier alpha value is -2.16. The van der Waals surface area contributed by atoms with E-state index in [1.807, 2.05) is 19.9 Å². The summed E-state index contributed by atoms with van der Waals surface area (Å²) in [4.78, 5) is 17.7. The van der Waals surface area contributed by atoms with Crippen molar-refractivity contribution in [3.8, 4) is 11.8 Å². The van der Waals surface area contributed by atoms with Crippen molar-refractivity contribution in [2.24, 2.45) is 0 Å². The van der Waals surface area contributed by atoms with E-state index >= 15 is 0 Å². The van der Waals surface area contributed by atoms with Gasteiger partial charge in [0.2, 0.25) is 0 Å². The molecule has 108 valence electrons. The average molecular weight is 300 g/mol. The Balaban J connectivity index is 2.16. The van der Waals surface area contributed by atoms with Gasteiger partial charge in [-0.2, -0.15) is 0 Å². The van der Waals surface area contributed by atoms with Crippen LogP contribution in [0.1, 0.15) is 32.1 Å². The first-order valence-corrected chi connectivity index (χ1v) is 7.35. The molecular formula is C16H16N2O2S. The molecule has 0 aliphatic carbocycles. The summed E-state index contributed by atoms with van der Waals surface area (Å²) in [7, 11) is 0. The minimum atomic E-state index is -0.146. The van der Waals surface area contributed by atoms with Crippen molar-refractivity contribution >= 4 is 22.9 Å². The number of nitrogens with zero attached hydrogens (tertiary/aromatic N) is 1. The lowest BCUT2D eigenvalue weighted by molar-refractivity contribution is 0.103. The predicted molar refractivity (Wildman–Crippen MR) is 84.6 cm³/mol. The maximum atomic E-state index is 12.3. The van der Waals surface area contributed by atoms with Crippen LogP contribution in [0.2, 0.25) is 0 Å². The van der Waals surface area contributed by atoms with Crippen molar-refractivity contribution in [1.29, 1.82) is 0 Å². The summed E-state index contributed by atoms with van der Waals surface area (Å²) in [5.41, 5.74) is 2.65. The number of carbonyl (C=O) groups excluding carboxylic acids is 1. The van der Waals surface area contributed by atoms with Gasteiger partial charge in [0.1, 0.15) is 0 Å². The third-order valence-corrected chi connectivity index (χ3v) is 4.00. The van der Waals surface area contributed by atoms with Crippen LogP contribution in [0.4, 0.5) is 5.69 Å². The van der Waals surface area contributed by atoms with E-state index in [1.165, 1.54) is 11.3 Å². The maximum absolute atomic E-state index is 12.3. The Kier molecular flexibility index (Phi) is 5.09. The second-order valence-electron chi connectivity index (χ2n) is 4.54. The zero-order chi connectivity index (χ0) is 15.2. The number of aliphatic hydroxyl groups excluding tert-OH is 1. The van der Waals surface area contributed by atoms with Crippen molar-refractivity contribution in [3.63, 3.8) is 0 Å². The zero-order valence-corrected chi connectivity index (χ0v) is 12.8. The van der Waals surface area contributed by atoms with Gasteiger partial charge in [0, 0.05) is 24.5 Å². The van der Waals surface area contributed by atoms with Crippen molar-refractivity contribution in [2.45, 2.75) is 20.3 Å². The highest BCUT2D eigenvalue weighted by Crippen LogP contribution is 2.22. The summed E-state index contributed by atoms with van der Waals surface area (Å²) >= 11 is 1.36. The summed E-state index contributed by atoms with van der Waals surface area (Å²) in [6, 6.07) is 3.61. The van der Waals surface area contributed by atoms with E-state index in [1.54, 1.807) is 18.5 Å². The lowest BCUT2D eigenvalue weighted by Crippen LogP contribution is -2.11. The Labute approximate surface area is 127 Å². The fourth-order valence-corrected chi connectivity index (χ4v) is 2.66. The number of hydrogen-bond donors (Lipinski definition) is 2. The second kappa shape index (κ2) is 7.02. The first-order chi connectivity index (χ1) is 10.1. The standard InChI is InChI=1S/C16H16N2O2S/c1-11-9-15(21-14(11)5-3-4-8-19)16(20)18-13-6-7-17-10-12(13)2/h6-7,9-10,19H,4,8H2,1-2H3,(H,17,18,20). The maximum Gasteiger partial charge on any atom is 0.265 e. The molecule has 0 aliphatic rings. The van der Waals surface area contributed by atoms with E-state index in [0.29, 0.717) is 11.3 Å². The number of hydrogen-bond acceptors (Lipinski definition) is 4. The molecule has 0 unspecified atom stereocenters. The summed E-state index contributed by atoms with van der Waals surface area (Å²) in [5.74, 6) is 5.71. The highest BCUT2D eigenvalue weighted by Gasteiger charge is 2.12. The molecule has 0 spiro atoms. The third-order valence-electron chi connectivity index (χ3n) is 2.85. The van der Waals surface area contributed by atoms with Crippen molar-refractivity contribution in [1.82, 2.24) is 4.98 Å². The van der Waals surface area contributed by atoms with Crippen LogP contribution in [-0.4, -0.2) is 22.6 Å². The van der Waals surface area contributed by atoms with Gasteiger partial charge in [-0.25, -0.2) is 0 Å². The molecule has 21 heavy (non-hydrogen) atoms. The topological polar surface area (TPSA) is 62.2 Å². The second-order valence-corrected chi connectivity index (χ2v) is 5.60. The van der Waals surface area contributed by atoms with Crippen LogP contribution in [-0.2, 0) is 0 Å². The first kappa shape index (κ1) is 15.2. The van der Waals surface area contributed by atoms with Gasteiger partial charge in [-0.15, -0.1) is 11.3 Å². The number of aryl methyl sites for hydroxylation is 2. The van der Waals surface area contributed by atoms with Crippen molar-refractivity contribution < 1.29 is 9.90 Å². The number of carbonyl (C=O) groups is 1. The van der Waals surface area contributed by atoms with E-state index in [2.05, 4.69) is 22.1 Å². The number of aliphatic hydroxyl groups is 1. The summed E-state index contributed by atoms with van der Waals surface area (Å²) in [6.45, 7) is 3.87. The van der Waals surface area contributed by atoms with E-state index < -0.39 is 0 Å². The Morgan fingerprint density at radius 3 is 2.95 bits per heavy atom. The Morgan fingerprint density at radius 2 is 2.24 bits per heavy atom. The molecular weight excluding hydrogens is 284 g/mol. The van der Waals surface area contributed by atoms with Crippen LogP contribution >= 0.6 is 11.3 Å². The lowest BCUT2D eigenvalue weighted by atomic mass is 10.2. The van der Waals surface area contributed by atoms with Gasteiger partial charge in [-0.1, -0.05) is 11.8 Å². The van der Waals surface area contributed by atoms with Crippen LogP contribution in [0.15, 0.2) is 24.5 Å². The molecule has 0 aliphatic heterocycles. The molecule has 0 bridgehead atoms. The quantitative estimate of drug-likeness (QED) is 0.857. The third kappa shape index (κ3) is 3.91. The van der Waals surface area contributed by atoms with Crippen LogP contribution in [0.25, 0.3) is 0 Å². The minimum absolute atomic E-state index is 0.0477. The van der Waals surface area contributed by atoms with Crippen LogP contribution < -0.4 is 5.32 Å². The number of rotatable bonds is 3. The largest absolute Gasteiger partial charge is 0.395 e. The predicted octanol–water partition coefficient (Wildman–Crippen LogP) is 2.75. The Bertz CT molecular complexity index is 711. The molecule has 0 aromatic carbocycles. The van der Waals surface area contributed by atoms with E-state index in [-0.39, 0.29) is 12.5 Å². The summed E-state index contributed by atoms with van der Waals surface area (Å²) < 4.78 is 0. The van der Waals surface area contributed by atoms with Gasteiger partial charge >= 0.3 is 0 Å².